The zero-order valence-electron chi connectivity index (χ0n) is 9.52. The maximum atomic E-state index is 6.05. The fourth-order valence-electron chi connectivity index (χ4n) is 1.57. The number of hydrogen-bond acceptors (Lipinski definition) is 3. The van der Waals surface area contributed by atoms with Crippen molar-refractivity contribution in [3.05, 3.63) is 46.3 Å². The molecule has 0 aliphatic heterocycles. The molecule has 1 heterocycles. The van der Waals surface area contributed by atoms with Crippen LogP contribution in [0.4, 0.5) is 0 Å². The molecule has 4 heteroatoms. The molecule has 0 bridgehead atoms. The molecule has 2 N–H and O–H groups in total. The predicted molar refractivity (Wildman–Crippen MR) is 77.2 cm³/mol. The van der Waals surface area contributed by atoms with Gasteiger partial charge in [-0.1, -0.05) is 35.5 Å². The van der Waals surface area contributed by atoms with E-state index in [-0.39, 0.29) is 6.04 Å². The maximum absolute atomic E-state index is 6.05. The van der Waals surface area contributed by atoms with E-state index in [9.17, 15) is 0 Å². The Kier molecular flexibility index (Phi) is 4.51. The second-order valence-electron chi connectivity index (χ2n) is 3.97. The van der Waals surface area contributed by atoms with Gasteiger partial charge in [0.2, 0.25) is 0 Å². The van der Waals surface area contributed by atoms with Gasteiger partial charge in [0.25, 0.3) is 0 Å². The molecule has 0 aliphatic rings. The second kappa shape index (κ2) is 5.91. The molecule has 0 amide bonds. The SMILES string of the molecule is CC(N)Cc1ccc(Cl)cc1Sc1cccs1. The Balaban J connectivity index is 2.26. The molecule has 1 aromatic heterocycles. The van der Waals surface area contributed by atoms with Crippen LogP contribution in [-0.4, -0.2) is 6.04 Å². The Morgan fingerprint density at radius 1 is 1.41 bits per heavy atom. The largest absolute Gasteiger partial charge is 0.328 e. The van der Waals surface area contributed by atoms with Gasteiger partial charge in [-0.2, -0.15) is 0 Å². The third kappa shape index (κ3) is 3.75. The molecule has 2 aromatic rings. The average Bonchev–Trinajstić information content (AvgIpc) is 2.74. The summed E-state index contributed by atoms with van der Waals surface area (Å²) in [4.78, 5) is 1.21. The van der Waals surface area contributed by atoms with Crippen LogP contribution < -0.4 is 5.73 Å². The standard InChI is InChI=1S/C13H14ClNS2/c1-9(15)7-10-4-5-11(14)8-12(10)17-13-3-2-6-16-13/h2-6,8-9H,7,15H2,1H3. The second-order valence-corrected chi connectivity index (χ2v) is 6.69. The van der Waals surface area contributed by atoms with Crippen LogP contribution in [0.3, 0.4) is 0 Å². The first-order chi connectivity index (χ1) is 8.15. The molecule has 1 atom stereocenters. The summed E-state index contributed by atoms with van der Waals surface area (Å²) >= 11 is 9.55. The molecule has 90 valence electrons. The number of hydrogen-bond donors (Lipinski definition) is 1. The summed E-state index contributed by atoms with van der Waals surface area (Å²) in [5, 5.41) is 2.86. The highest BCUT2D eigenvalue weighted by atomic mass is 35.5. The van der Waals surface area contributed by atoms with Crippen molar-refractivity contribution in [2.24, 2.45) is 5.73 Å². The zero-order chi connectivity index (χ0) is 12.3. The summed E-state index contributed by atoms with van der Waals surface area (Å²) in [6.45, 7) is 2.02. The minimum Gasteiger partial charge on any atom is -0.328 e. The van der Waals surface area contributed by atoms with E-state index in [1.165, 1.54) is 14.7 Å². The van der Waals surface area contributed by atoms with Gasteiger partial charge in [0.05, 0.1) is 4.21 Å². The first-order valence-electron chi connectivity index (χ1n) is 5.40. The number of rotatable bonds is 4. The number of nitrogens with two attached hydrogens (primary N) is 1. The maximum Gasteiger partial charge on any atom is 0.0646 e. The van der Waals surface area contributed by atoms with Crippen LogP contribution in [0.15, 0.2) is 44.8 Å². The summed E-state index contributed by atoms with van der Waals surface area (Å²) in [5.41, 5.74) is 7.13. The summed E-state index contributed by atoms with van der Waals surface area (Å²) in [5.74, 6) is 0. The fourth-order valence-corrected chi connectivity index (χ4v) is 3.71. The Bertz CT molecular complexity index is 480. The Morgan fingerprint density at radius 2 is 2.24 bits per heavy atom. The molecule has 0 fully saturated rings. The molecule has 2 rings (SSSR count). The van der Waals surface area contributed by atoms with Gasteiger partial charge >= 0.3 is 0 Å². The lowest BCUT2D eigenvalue weighted by Gasteiger charge is -2.11. The summed E-state index contributed by atoms with van der Waals surface area (Å²) in [7, 11) is 0. The number of thiophene rings is 1. The molecule has 17 heavy (non-hydrogen) atoms. The van der Waals surface area contributed by atoms with Gasteiger partial charge in [0.15, 0.2) is 0 Å². The monoisotopic (exact) mass is 283 g/mol. The van der Waals surface area contributed by atoms with Gasteiger partial charge in [-0.15, -0.1) is 11.3 Å². The van der Waals surface area contributed by atoms with E-state index in [0.29, 0.717) is 0 Å². The molecule has 0 aliphatic carbocycles. The van der Waals surface area contributed by atoms with E-state index < -0.39 is 0 Å². The van der Waals surface area contributed by atoms with Crippen molar-refractivity contribution in [1.29, 1.82) is 0 Å². The van der Waals surface area contributed by atoms with Crippen LogP contribution in [0, 0.1) is 0 Å². The van der Waals surface area contributed by atoms with Gasteiger partial charge in [0.1, 0.15) is 0 Å². The first-order valence-corrected chi connectivity index (χ1v) is 7.48. The molecular weight excluding hydrogens is 270 g/mol. The molecule has 1 nitrogen and oxygen atoms in total. The van der Waals surface area contributed by atoms with Crippen LogP contribution in [0.25, 0.3) is 0 Å². The lowest BCUT2D eigenvalue weighted by Crippen LogP contribution is -2.18. The Morgan fingerprint density at radius 3 is 2.88 bits per heavy atom. The van der Waals surface area contributed by atoms with E-state index in [4.69, 9.17) is 17.3 Å². The van der Waals surface area contributed by atoms with Crippen LogP contribution in [0.1, 0.15) is 12.5 Å². The summed E-state index contributed by atoms with van der Waals surface area (Å²) < 4.78 is 1.28. The number of halogens is 1. The normalized spacial score (nSPS) is 12.6. The molecule has 1 unspecified atom stereocenters. The predicted octanol–water partition coefficient (Wildman–Crippen LogP) is 4.44. The molecule has 0 saturated heterocycles. The van der Waals surface area contributed by atoms with Crippen LogP contribution in [-0.2, 0) is 6.42 Å². The molecule has 1 aromatic carbocycles. The zero-order valence-corrected chi connectivity index (χ0v) is 11.9. The van der Waals surface area contributed by atoms with Gasteiger partial charge in [0, 0.05) is 16.0 Å². The summed E-state index contributed by atoms with van der Waals surface area (Å²) in [6.07, 6.45) is 0.880. The van der Waals surface area contributed by atoms with Gasteiger partial charge in [-0.25, -0.2) is 0 Å². The highest BCUT2D eigenvalue weighted by molar-refractivity contribution is 8.01. The third-order valence-corrected chi connectivity index (χ3v) is 4.65. The van der Waals surface area contributed by atoms with Crippen molar-refractivity contribution in [3.8, 4) is 0 Å². The Labute approximate surface area is 115 Å². The van der Waals surface area contributed by atoms with Crippen molar-refractivity contribution in [1.82, 2.24) is 0 Å². The lowest BCUT2D eigenvalue weighted by atomic mass is 10.1. The van der Waals surface area contributed by atoms with Gasteiger partial charge in [-0.3, -0.25) is 0 Å². The van der Waals surface area contributed by atoms with Crippen molar-refractivity contribution in [3.63, 3.8) is 0 Å². The van der Waals surface area contributed by atoms with Gasteiger partial charge < -0.3 is 5.73 Å². The van der Waals surface area contributed by atoms with Crippen molar-refractivity contribution < 1.29 is 0 Å². The quantitative estimate of drug-likeness (QED) is 0.897. The lowest BCUT2D eigenvalue weighted by molar-refractivity contribution is 0.729. The van der Waals surface area contributed by atoms with E-state index in [2.05, 4.69) is 23.6 Å². The first kappa shape index (κ1) is 13.0. The third-order valence-electron chi connectivity index (χ3n) is 2.28. The highest BCUT2D eigenvalue weighted by Gasteiger charge is 2.08. The van der Waals surface area contributed by atoms with Crippen molar-refractivity contribution >= 4 is 34.7 Å². The van der Waals surface area contributed by atoms with E-state index in [1.807, 2.05) is 19.1 Å². The topological polar surface area (TPSA) is 26.0 Å². The van der Waals surface area contributed by atoms with Gasteiger partial charge in [-0.05, 0) is 42.5 Å². The van der Waals surface area contributed by atoms with E-state index in [1.54, 1.807) is 23.1 Å². The average molecular weight is 284 g/mol. The van der Waals surface area contributed by atoms with Crippen LogP contribution >= 0.6 is 34.7 Å². The Hall–Kier alpha value is -0.480. The number of benzene rings is 1. The van der Waals surface area contributed by atoms with Crippen LogP contribution in [0.2, 0.25) is 5.02 Å². The van der Waals surface area contributed by atoms with Crippen molar-refractivity contribution in [2.75, 3.05) is 0 Å². The smallest absolute Gasteiger partial charge is 0.0646 e. The van der Waals surface area contributed by atoms with Crippen LogP contribution in [0.5, 0.6) is 0 Å². The van der Waals surface area contributed by atoms with E-state index >= 15 is 0 Å². The molecule has 0 spiro atoms. The highest BCUT2D eigenvalue weighted by Crippen LogP contribution is 2.35. The molecule has 0 radical (unpaired) electrons. The van der Waals surface area contributed by atoms with Crippen molar-refractivity contribution in [2.45, 2.75) is 28.5 Å². The minimum absolute atomic E-state index is 0.166. The summed E-state index contributed by atoms with van der Waals surface area (Å²) in [6, 6.07) is 10.4. The minimum atomic E-state index is 0.166. The van der Waals surface area contributed by atoms with E-state index in [0.717, 1.165) is 11.4 Å². The molecule has 0 saturated carbocycles. The molecular formula is C13H14ClNS2. The fraction of sp³-hybridized carbons (Fsp3) is 0.231.